The van der Waals surface area contributed by atoms with Crippen LogP contribution in [-0.4, -0.2) is 11.2 Å². The molecule has 2 nitrogen and oxygen atoms in total. The zero-order valence-electron chi connectivity index (χ0n) is 9.36. The first kappa shape index (κ1) is 10.7. The minimum absolute atomic E-state index is 0.219. The first-order valence-electron chi connectivity index (χ1n) is 5.96. The predicted octanol–water partition coefficient (Wildman–Crippen LogP) is 3.01. The molecule has 2 rings (SSSR count). The molecule has 84 valence electrons. The maximum Gasteiger partial charge on any atom is 0.106 e. The summed E-state index contributed by atoms with van der Waals surface area (Å²) in [7, 11) is 0. The van der Waals surface area contributed by atoms with E-state index < -0.39 is 0 Å². The van der Waals surface area contributed by atoms with Crippen LogP contribution in [0.4, 0.5) is 0 Å². The molecule has 0 radical (unpaired) electrons. The van der Waals surface area contributed by atoms with Gasteiger partial charge in [0.05, 0.1) is 12.4 Å². The van der Waals surface area contributed by atoms with E-state index in [9.17, 15) is 5.11 Å². The number of furan rings is 1. The Bertz CT molecular complexity index is 271. The van der Waals surface area contributed by atoms with Gasteiger partial charge in [-0.15, -0.1) is 0 Å². The summed E-state index contributed by atoms with van der Waals surface area (Å²) in [5.41, 5.74) is 0. The van der Waals surface area contributed by atoms with E-state index in [2.05, 4.69) is 6.92 Å². The van der Waals surface area contributed by atoms with Crippen LogP contribution in [0.5, 0.6) is 0 Å². The Balaban J connectivity index is 1.83. The lowest BCUT2D eigenvalue weighted by Gasteiger charge is -2.29. The van der Waals surface area contributed by atoms with Gasteiger partial charge in [-0.3, -0.25) is 0 Å². The summed E-state index contributed by atoms with van der Waals surface area (Å²) >= 11 is 0. The summed E-state index contributed by atoms with van der Waals surface area (Å²) in [5, 5.41) is 10.1. The molecule has 0 aliphatic heterocycles. The van der Waals surface area contributed by atoms with Crippen LogP contribution in [0.1, 0.15) is 38.4 Å². The van der Waals surface area contributed by atoms with E-state index in [4.69, 9.17) is 4.42 Å². The van der Waals surface area contributed by atoms with Crippen LogP contribution in [0.25, 0.3) is 0 Å². The molecule has 0 saturated heterocycles. The standard InChI is InChI=1S/C13H20O2/c1-10-4-6-11(7-5-10)13(14)9-12-3-2-8-15-12/h2-3,8,10-11,13-14H,4-7,9H2,1H3. The van der Waals surface area contributed by atoms with Crippen LogP contribution < -0.4 is 0 Å². The molecule has 1 heterocycles. The highest BCUT2D eigenvalue weighted by molar-refractivity contribution is 5.00. The third-order valence-electron chi connectivity index (χ3n) is 3.60. The second-order valence-electron chi connectivity index (χ2n) is 4.87. The topological polar surface area (TPSA) is 33.4 Å². The van der Waals surface area contributed by atoms with Crippen LogP contribution in [0.2, 0.25) is 0 Å². The summed E-state index contributed by atoms with van der Waals surface area (Å²) in [5.74, 6) is 2.23. The quantitative estimate of drug-likeness (QED) is 0.828. The van der Waals surface area contributed by atoms with Gasteiger partial charge < -0.3 is 9.52 Å². The van der Waals surface area contributed by atoms with Crippen molar-refractivity contribution in [2.45, 2.75) is 45.1 Å². The first-order chi connectivity index (χ1) is 7.25. The molecule has 0 aromatic carbocycles. The molecule has 1 aromatic rings. The lowest BCUT2D eigenvalue weighted by atomic mass is 9.79. The number of hydrogen-bond donors (Lipinski definition) is 1. The maximum absolute atomic E-state index is 10.1. The molecule has 1 aromatic heterocycles. The third-order valence-corrected chi connectivity index (χ3v) is 3.60. The van der Waals surface area contributed by atoms with Crippen molar-refractivity contribution in [3.05, 3.63) is 24.2 Å². The zero-order valence-corrected chi connectivity index (χ0v) is 9.36. The highest BCUT2D eigenvalue weighted by Crippen LogP contribution is 2.31. The molecule has 0 spiro atoms. The Morgan fingerprint density at radius 2 is 2.13 bits per heavy atom. The van der Waals surface area contributed by atoms with Crippen molar-refractivity contribution in [3.8, 4) is 0 Å². The minimum Gasteiger partial charge on any atom is -0.469 e. The van der Waals surface area contributed by atoms with Crippen LogP contribution in [-0.2, 0) is 6.42 Å². The molecule has 15 heavy (non-hydrogen) atoms. The summed E-state index contributed by atoms with van der Waals surface area (Å²) in [6, 6.07) is 3.82. The molecular weight excluding hydrogens is 188 g/mol. The van der Waals surface area contributed by atoms with Crippen LogP contribution in [0.15, 0.2) is 22.8 Å². The van der Waals surface area contributed by atoms with E-state index in [0.29, 0.717) is 12.3 Å². The van der Waals surface area contributed by atoms with E-state index in [1.165, 1.54) is 25.7 Å². The van der Waals surface area contributed by atoms with Gasteiger partial charge in [0, 0.05) is 6.42 Å². The van der Waals surface area contributed by atoms with Crippen molar-refractivity contribution in [1.82, 2.24) is 0 Å². The van der Waals surface area contributed by atoms with Crippen molar-refractivity contribution in [2.75, 3.05) is 0 Å². The SMILES string of the molecule is CC1CCC(C(O)Cc2ccco2)CC1. The molecule has 1 N–H and O–H groups in total. The predicted molar refractivity (Wildman–Crippen MR) is 59.5 cm³/mol. The van der Waals surface area contributed by atoms with E-state index in [1.807, 2.05) is 12.1 Å². The Morgan fingerprint density at radius 3 is 2.73 bits per heavy atom. The lowest BCUT2D eigenvalue weighted by Crippen LogP contribution is -2.26. The Hall–Kier alpha value is -0.760. The highest BCUT2D eigenvalue weighted by Gasteiger charge is 2.25. The fraction of sp³-hybridized carbons (Fsp3) is 0.692. The highest BCUT2D eigenvalue weighted by atomic mass is 16.3. The molecule has 0 amide bonds. The van der Waals surface area contributed by atoms with Gasteiger partial charge in [-0.2, -0.15) is 0 Å². The average Bonchev–Trinajstić information content (AvgIpc) is 2.71. The minimum atomic E-state index is -0.219. The van der Waals surface area contributed by atoms with Crippen LogP contribution in [0.3, 0.4) is 0 Å². The Labute approximate surface area is 91.3 Å². The Morgan fingerprint density at radius 1 is 1.40 bits per heavy atom. The number of aliphatic hydroxyl groups is 1. The Kier molecular flexibility index (Phi) is 3.47. The van der Waals surface area contributed by atoms with Crippen LogP contribution in [0, 0.1) is 11.8 Å². The van der Waals surface area contributed by atoms with Crippen molar-refractivity contribution in [3.63, 3.8) is 0 Å². The molecule has 1 unspecified atom stereocenters. The lowest BCUT2D eigenvalue weighted by molar-refractivity contribution is 0.0718. The summed E-state index contributed by atoms with van der Waals surface area (Å²) in [6.07, 6.45) is 6.99. The molecule has 1 aliphatic carbocycles. The summed E-state index contributed by atoms with van der Waals surface area (Å²) in [6.45, 7) is 2.30. The van der Waals surface area contributed by atoms with Gasteiger partial charge in [0.1, 0.15) is 5.76 Å². The number of rotatable bonds is 3. The number of hydrogen-bond acceptors (Lipinski definition) is 2. The number of aliphatic hydroxyl groups excluding tert-OH is 1. The van der Waals surface area contributed by atoms with E-state index in [-0.39, 0.29) is 6.10 Å². The monoisotopic (exact) mass is 208 g/mol. The molecule has 1 atom stereocenters. The van der Waals surface area contributed by atoms with E-state index in [1.54, 1.807) is 6.26 Å². The van der Waals surface area contributed by atoms with Crippen molar-refractivity contribution in [1.29, 1.82) is 0 Å². The average molecular weight is 208 g/mol. The normalized spacial score (nSPS) is 28.9. The summed E-state index contributed by atoms with van der Waals surface area (Å²) in [4.78, 5) is 0. The van der Waals surface area contributed by atoms with Crippen LogP contribution >= 0.6 is 0 Å². The maximum atomic E-state index is 10.1. The smallest absolute Gasteiger partial charge is 0.106 e. The third kappa shape index (κ3) is 2.85. The van der Waals surface area contributed by atoms with E-state index in [0.717, 1.165) is 11.7 Å². The van der Waals surface area contributed by atoms with Gasteiger partial charge >= 0.3 is 0 Å². The molecule has 0 bridgehead atoms. The summed E-state index contributed by atoms with van der Waals surface area (Å²) < 4.78 is 5.26. The van der Waals surface area contributed by atoms with Gasteiger partial charge in [0.15, 0.2) is 0 Å². The fourth-order valence-electron chi connectivity index (χ4n) is 2.47. The molecule has 2 heteroatoms. The van der Waals surface area contributed by atoms with Gasteiger partial charge in [0.25, 0.3) is 0 Å². The molecular formula is C13H20O2. The van der Waals surface area contributed by atoms with Crippen molar-refractivity contribution < 1.29 is 9.52 Å². The van der Waals surface area contributed by atoms with Gasteiger partial charge in [-0.05, 0) is 36.8 Å². The zero-order chi connectivity index (χ0) is 10.7. The van der Waals surface area contributed by atoms with Gasteiger partial charge in [-0.1, -0.05) is 19.8 Å². The van der Waals surface area contributed by atoms with Crippen molar-refractivity contribution in [2.24, 2.45) is 11.8 Å². The van der Waals surface area contributed by atoms with Gasteiger partial charge in [0.2, 0.25) is 0 Å². The second-order valence-corrected chi connectivity index (χ2v) is 4.87. The molecule has 1 aliphatic rings. The molecule has 1 fully saturated rings. The fourth-order valence-corrected chi connectivity index (χ4v) is 2.47. The van der Waals surface area contributed by atoms with E-state index >= 15 is 0 Å². The van der Waals surface area contributed by atoms with Crippen molar-refractivity contribution >= 4 is 0 Å². The van der Waals surface area contributed by atoms with Gasteiger partial charge in [-0.25, -0.2) is 0 Å². The second kappa shape index (κ2) is 4.84. The molecule has 1 saturated carbocycles. The first-order valence-corrected chi connectivity index (χ1v) is 5.96. The largest absolute Gasteiger partial charge is 0.469 e.